The van der Waals surface area contributed by atoms with E-state index in [0.717, 1.165) is 19.3 Å². The number of halogens is 3. The van der Waals surface area contributed by atoms with E-state index < -0.39 is 6.36 Å². The van der Waals surface area contributed by atoms with Gasteiger partial charge in [0, 0.05) is 23.7 Å². The second kappa shape index (κ2) is 6.35. The molecular weight excluding hydrogens is 349 g/mol. The molecule has 0 saturated carbocycles. The first-order valence-electron chi connectivity index (χ1n) is 8.40. The summed E-state index contributed by atoms with van der Waals surface area (Å²) >= 11 is 0. The predicted octanol–water partition coefficient (Wildman–Crippen LogP) is 3.47. The third-order valence-electron chi connectivity index (χ3n) is 4.82. The highest BCUT2D eigenvalue weighted by molar-refractivity contribution is 5.92. The van der Waals surface area contributed by atoms with Crippen molar-refractivity contribution in [1.82, 2.24) is 10.6 Å². The SMILES string of the molecule is O=C(N[C@@H]1C[C@H]2CC[C@@H]1N2)c1ccc(-c2ccc(OC(F)(F)F)cc2)o1. The summed E-state index contributed by atoms with van der Waals surface area (Å²) in [5, 5.41) is 6.44. The second-order valence-electron chi connectivity index (χ2n) is 6.60. The van der Waals surface area contributed by atoms with Crippen LogP contribution < -0.4 is 15.4 Å². The first kappa shape index (κ1) is 17.0. The van der Waals surface area contributed by atoms with E-state index in [1.54, 1.807) is 12.1 Å². The molecule has 0 unspecified atom stereocenters. The molecule has 2 aromatic rings. The number of alkyl halides is 3. The third kappa shape index (κ3) is 3.55. The smallest absolute Gasteiger partial charge is 0.451 e. The van der Waals surface area contributed by atoms with Gasteiger partial charge in [-0.3, -0.25) is 4.79 Å². The highest BCUT2D eigenvalue weighted by Gasteiger charge is 2.40. The lowest BCUT2D eigenvalue weighted by molar-refractivity contribution is -0.274. The first-order valence-corrected chi connectivity index (χ1v) is 8.40. The van der Waals surface area contributed by atoms with Crippen LogP contribution in [-0.2, 0) is 0 Å². The van der Waals surface area contributed by atoms with Crippen molar-refractivity contribution in [2.24, 2.45) is 0 Å². The van der Waals surface area contributed by atoms with E-state index in [9.17, 15) is 18.0 Å². The largest absolute Gasteiger partial charge is 0.573 e. The summed E-state index contributed by atoms with van der Waals surface area (Å²) in [7, 11) is 0. The summed E-state index contributed by atoms with van der Waals surface area (Å²) in [6, 6.07) is 9.38. The molecule has 0 radical (unpaired) electrons. The molecule has 2 aliphatic heterocycles. The number of carbonyl (C=O) groups excluding carboxylic acids is 1. The van der Waals surface area contributed by atoms with Crippen molar-refractivity contribution < 1.29 is 27.1 Å². The molecule has 0 aliphatic carbocycles. The van der Waals surface area contributed by atoms with Gasteiger partial charge in [0.15, 0.2) is 5.76 Å². The molecule has 1 aromatic heterocycles. The fourth-order valence-corrected chi connectivity index (χ4v) is 3.66. The molecule has 5 nitrogen and oxygen atoms in total. The molecule has 1 aromatic carbocycles. The maximum atomic E-state index is 12.4. The number of fused-ring (bicyclic) bond motifs is 2. The lowest BCUT2D eigenvalue weighted by atomic mass is 9.95. The van der Waals surface area contributed by atoms with Crippen LogP contribution in [0.3, 0.4) is 0 Å². The maximum Gasteiger partial charge on any atom is 0.573 e. The minimum Gasteiger partial charge on any atom is -0.451 e. The van der Waals surface area contributed by atoms with E-state index in [0.29, 0.717) is 23.4 Å². The number of furan rings is 1. The first-order chi connectivity index (χ1) is 12.4. The molecule has 2 aliphatic rings. The Balaban J connectivity index is 1.41. The molecule has 3 heterocycles. The van der Waals surface area contributed by atoms with Crippen molar-refractivity contribution in [2.45, 2.75) is 43.8 Å². The average molecular weight is 366 g/mol. The number of rotatable bonds is 4. The molecular formula is C18H17F3N2O3. The van der Waals surface area contributed by atoms with Crippen molar-refractivity contribution in [3.63, 3.8) is 0 Å². The number of hydrogen-bond acceptors (Lipinski definition) is 4. The van der Waals surface area contributed by atoms with Crippen LogP contribution in [0.1, 0.15) is 29.8 Å². The molecule has 2 N–H and O–H groups in total. The van der Waals surface area contributed by atoms with Gasteiger partial charge in [0.2, 0.25) is 0 Å². The van der Waals surface area contributed by atoms with Gasteiger partial charge >= 0.3 is 6.36 Å². The minimum absolute atomic E-state index is 0.105. The van der Waals surface area contributed by atoms with E-state index >= 15 is 0 Å². The average Bonchev–Trinajstić information content (AvgIpc) is 3.30. The van der Waals surface area contributed by atoms with E-state index in [-0.39, 0.29) is 23.5 Å². The Labute approximate surface area is 147 Å². The zero-order valence-electron chi connectivity index (χ0n) is 13.7. The molecule has 2 fully saturated rings. The number of benzene rings is 1. The summed E-state index contributed by atoms with van der Waals surface area (Å²) in [5.41, 5.74) is 0.556. The van der Waals surface area contributed by atoms with Crippen molar-refractivity contribution >= 4 is 5.91 Å². The second-order valence-corrected chi connectivity index (χ2v) is 6.60. The van der Waals surface area contributed by atoms with Gasteiger partial charge in [-0.25, -0.2) is 0 Å². The zero-order valence-corrected chi connectivity index (χ0v) is 13.7. The van der Waals surface area contributed by atoms with Crippen LogP contribution in [-0.4, -0.2) is 30.4 Å². The number of hydrogen-bond donors (Lipinski definition) is 2. The fraction of sp³-hybridized carbons (Fsp3) is 0.389. The normalized spacial score (nSPS) is 24.7. The standard InChI is InChI=1S/C18H17F3N2O3/c19-18(20,21)26-12-4-1-10(2-5-12)15-7-8-16(25-15)17(24)23-14-9-11-3-6-13(14)22-11/h1-2,4-5,7-8,11,13-14,22H,3,6,9H2,(H,23,24)/t11-,13+,14-/m1/s1. The zero-order chi connectivity index (χ0) is 18.3. The number of nitrogens with one attached hydrogen (secondary N) is 2. The molecule has 2 saturated heterocycles. The van der Waals surface area contributed by atoms with E-state index in [2.05, 4.69) is 15.4 Å². The Bertz CT molecular complexity index is 801. The van der Waals surface area contributed by atoms with Crippen LogP contribution in [0.5, 0.6) is 5.75 Å². The minimum atomic E-state index is -4.73. The number of carbonyl (C=O) groups is 1. The maximum absolute atomic E-state index is 12.4. The molecule has 8 heteroatoms. The van der Waals surface area contributed by atoms with Crippen LogP contribution in [0, 0.1) is 0 Å². The monoisotopic (exact) mass is 366 g/mol. The van der Waals surface area contributed by atoms with Gasteiger partial charge in [-0.2, -0.15) is 0 Å². The van der Waals surface area contributed by atoms with E-state index in [4.69, 9.17) is 4.42 Å². The predicted molar refractivity (Wildman–Crippen MR) is 86.6 cm³/mol. The summed E-state index contributed by atoms with van der Waals surface area (Å²) < 4.78 is 46.0. The lowest BCUT2D eigenvalue weighted by Crippen LogP contribution is -2.42. The highest BCUT2D eigenvalue weighted by Crippen LogP contribution is 2.30. The Morgan fingerprint density at radius 2 is 1.92 bits per heavy atom. The summed E-state index contributed by atoms with van der Waals surface area (Å²) in [6.07, 6.45) is -1.60. The quantitative estimate of drug-likeness (QED) is 0.870. The Hall–Kier alpha value is -2.48. The van der Waals surface area contributed by atoms with E-state index in [1.165, 1.54) is 24.3 Å². The summed E-state index contributed by atoms with van der Waals surface area (Å²) in [4.78, 5) is 12.4. The summed E-state index contributed by atoms with van der Waals surface area (Å²) in [5.74, 6) is -0.0136. The van der Waals surface area contributed by atoms with E-state index in [1.807, 2.05) is 0 Å². The van der Waals surface area contributed by atoms with Crippen molar-refractivity contribution in [2.75, 3.05) is 0 Å². The molecule has 1 amide bonds. The van der Waals surface area contributed by atoms with Gasteiger partial charge in [-0.05, 0) is 55.7 Å². The Kier molecular flexibility index (Phi) is 4.14. The highest BCUT2D eigenvalue weighted by atomic mass is 19.4. The van der Waals surface area contributed by atoms with Gasteiger partial charge in [-0.15, -0.1) is 13.2 Å². The molecule has 26 heavy (non-hydrogen) atoms. The van der Waals surface area contributed by atoms with Gasteiger partial charge in [0.1, 0.15) is 11.5 Å². The van der Waals surface area contributed by atoms with Crippen LogP contribution in [0.15, 0.2) is 40.8 Å². The van der Waals surface area contributed by atoms with Gasteiger partial charge in [0.05, 0.1) is 0 Å². The molecule has 138 valence electrons. The number of amides is 1. The van der Waals surface area contributed by atoms with Gasteiger partial charge in [-0.1, -0.05) is 0 Å². The summed E-state index contributed by atoms with van der Waals surface area (Å²) in [6.45, 7) is 0. The van der Waals surface area contributed by atoms with Crippen LogP contribution in [0.2, 0.25) is 0 Å². The fourth-order valence-electron chi connectivity index (χ4n) is 3.66. The van der Waals surface area contributed by atoms with Crippen LogP contribution in [0.25, 0.3) is 11.3 Å². The Morgan fingerprint density at radius 1 is 1.15 bits per heavy atom. The molecule has 0 spiro atoms. The van der Waals surface area contributed by atoms with Crippen LogP contribution >= 0.6 is 0 Å². The Morgan fingerprint density at radius 3 is 2.54 bits per heavy atom. The molecule has 4 rings (SSSR count). The van der Waals surface area contributed by atoms with Crippen molar-refractivity contribution in [1.29, 1.82) is 0 Å². The topological polar surface area (TPSA) is 63.5 Å². The lowest BCUT2D eigenvalue weighted by Gasteiger charge is -2.20. The molecule has 2 bridgehead atoms. The van der Waals surface area contributed by atoms with Crippen LogP contribution in [0.4, 0.5) is 13.2 Å². The van der Waals surface area contributed by atoms with Crippen molar-refractivity contribution in [3.05, 3.63) is 42.2 Å². The molecule has 3 atom stereocenters. The van der Waals surface area contributed by atoms with Gasteiger partial charge in [0.25, 0.3) is 5.91 Å². The van der Waals surface area contributed by atoms with Crippen molar-refractivity contribution in [3.8, 4) is 17.1 Å². The van der Waals surface area contributed by atoms with Gasteiger partial charge < -0.3 is 19.8 Å². The third-order valence-corrected chi connectivity index (χ3v) is 4.82. The number of ether oxygens (including phenoxy) is 1.